The molecule has 0 radical (unpaired) electrons. The molecule has 0 bridgehead atoms. The second-order valence-electron chi connectivity index (χ2n) is 7.32. The summed E-state index contributed by atoms with van der Waals surface area (Å²) in [6.07, 6.45) is 1.67. The molecule has 1 saturated heterocycles. The summed E-state index contributed by atoms with van der Waals surface area (Å²) in [5.74, 6) is -0.204. The summed E-state index contributed by atoms with van der Waals surface area (Å²) in [5.41, 5.74) is 1.82. The summed E-state index contributed by atoms with van der Waals surface area (Å²) in [6, 6.07) is 17.3. The molecule has 0 unspecified atom stereocenters. The molecular formula is C25H18Cl3N3O4S. The van der Waals surface area contributed by atoms with E-state index in [0.29, 0.717) is 37.1 Å². The van der Waals surface area contributed by atoms with Crippen LogP contribution in [-0.2, 0) is 9.59 Å². The molecule has 0 aromatic heterocycles. The highest BCUT2D eigenvalue weighted by Gasteiger charge is 2.24. The molecule has 3 aromatic carbocycles. The lowest BCUT2D eigenvalue weighted by Gasteiger charge is -2.13. The van der Waals surface area contributed by atoms with Gasteiger partial charge in [0.25, 0.3) is 11.8 Å². The zero-order chi connectivity index (χ0) is 25.7. The Kier molecular flexibility index (Phi) is 8.43. The summed E-state index contributed by atoms with van der Waals surface area (Å²) in [5, 5.41) is 6.79. The number of hydrogen-bond acceptors (Lipinski definition) is 6. The quantitative estimate of drug-likeness (QED) is 0.318. The molecule has 0 saturated carbocycles. The predicted octanol–water partition coefficient (Wildman–Crippen LogP) is 6.56. The number of benzene rings is 3. The maximum Gasteiger partial charge on any atom is 0.264 e. The largest absolute Gasteiger partial charge is 0.493 e. The third-order valence-electron chi connectivity index (χ3n) is 4.74. The summed E-state index contributed by atoms with van der Waals surface area (Å²) < 4.78 is 11.0. The Balaban J connectivity index is 1.46. The fourth-order valence-electron chi connectivity index (χ4n) is 3.12. The highest BCUT2D eigenvalue weighted by Crippen LogP contribution is 2.38. The molecule has 184 valence electrons. The molecule has 3 aromatic rings. The van der Waals surface area contributed by atoms with Crippen LogP contribution in [0.3, 0.4) is 0 Å². The second-order valence-corrected chi connectivity index (χ2v) is 9.57. The molecule has 11 heteroatoms. The number of carbonyl (C=O) groups excluding carboxylic acids is 2. The van der Waals surface area contributed by atoms with Crippen molar-refractivity contribution in [2.24, 2.45) is 4.99 Å². The minimum absolute atomic E-state index is 0.195. The number of nitrogens with one attached hydrogen (secondary N) is 2. The highest BCUT2D eigenvalue weighted by molar-refractivity contribution is 8.18. The Morgan fingerprint density at radius 2 is 1.83 bits per heavy atom. The summed E-state index contributed by atoms with van der Waals surface area (Å²) in [4.78, 5) is 29.6. The maximum atomic E-state index is 12.4. The van der Waals surface area contributed by atoms with E-state index in [4.69, 9.17) is 44.3 Å². The number of nitrogens with zero attached hydrogens (tertiary/aromatic N) is 1. The monoisotopic (exact) mass is 561 g/mol. The van der Waals surface area contributed by atoms with Gasteiger partial charge in [0.2, 0.25) is 0 Å². The molecule has 2 N–H and O–H groups in total. The number of amides is 2. The lowest BCUT2D eigenvalue weighted by molar-refractivity contribution is -0.118. The van der Waals surface area contributed by atoms with Crippen LogP contribution < -0.4 is 20.1 Å². The van der Waals surface area contributed by atoms with Crippen LogP contribution in [0.4, 0.5) is 11.4 Å². The minimum atomic E-state index is -0.429. The van der Waals surface area contributed by atoms with Crippen molar-refractivity contribution in [3.8, 4) is 11.5 Å². The number of rotatable bonds is 7. The van der Waals surface area contributed by atoms with Crippen molar-refractivity contribution < 1.29 is 19.1 Å². The van der Waals surface area contributed by atoms with Crippen LogP contribution in [0.5, 0.6) is 11.5 Å². The fraction of sp³-hybridized carbons (Fsp3) is 0.0800. The van der Waals surface area contributed by atoms with Gasteiger partial charge in [-0.3, -0.25) is 9.59 Å². The lowest BCUT2D eigenvalue weighted by Crippen LogP contribution is -2.20. The van der Waals surface area contributed by atoms with E-state index in [9.17, 15) is 9.59 Å². The summed E-state index contributed by atoms with van der Waals surface area (Å²) in [6.45, 7) is -0.325. The zero-order valence-electron chi connectivity index (χ0n) is 18.7. The number of para-hydroxylation sites is 1. The van der Waals surface area contributed by atoms with Crippen molar-refractivity contribution in [2.75, 3.05) is 19.0 Å². The van der Waals surface area contributed by atoms with Crippen LogP contribution in [0.25, 0.3) is 6.08 Å². The molecule has 1 aliphatic rings. The first-order valence-electron chi connectivity index (χ1n) is 10.4. The van der Waals surface area contributed by atoms with Gasteiger partial charge in [-0.25, -0.2) is 4.99 Å². The van der Waals surface area contributed by atoms with Crippen LogP contribution in [-0.4, -0.2) is 30.7 Å². The van der Waals surface area contributed by atoms with Crippen molar-refractivity contribution >= 4 is 81.0 Å². The van der Waals surface area contributed by atoms with Gasteiger partial charge in [0.15, 0.2) is 23.3 Å². The first-order chi connectivity index (χ1) is 17.3. The SMILES string of the molecule is COc1cc(/C=C2/SC(=Nc3ccccc3)NC2=O)cc(Cl)c1OCC(=O)Nc1ccc(Cl)c(Cl)c1. The molecule has 0 aliphatic carbocycles. The number of aliphatic imine (C=N–C) groups is 1. The van der Waals surface area contributed by atoms with E-state index in [1.165, 1.54) is 24.9 Å². The Morgan fingerprint density at radius 3 is 2.56 bits per heavy atom. The number of methoxy groups -OCH3 is 1. The van der Waals surface area contributed by atoms with E-state index >= 15 is 0 Å². The Bertz CT molecular complexity index is 1380. The van der Waals surface area contributed by atoms with Crippen molar-refractivity contribution in [2.45, 2.75) is 0 Å². The molecule has 7 nitrogen and oxygen atoms in total. The Morgan fingerprint density at radius 1 is 1.06 bits per heavy atom. The van der Waals surface area contributed by atoms with Crippen LogP contribution in [0.15, 0.2) is 70.6 Å². The zero-order valence-corrected chi connectivity index (χ0v) is 21.8. The van der Waals surface area contributed by atoms with E-state index in [1.54, 1.807) is 30.3 Å². The topological polar surface area (TPSA) is 89.0 Å². The van der Waals surface area contributed by atoms with Gasteiger partial charge in [0.1, 0.15) is 0 Å². The van der Waals surface area contributed by atoms with Gasteiger partial charge in [-0.2, -0.15) is 0 Å². The van der Waals surface area contributed by atoms with Crippen molar-refractivity contribution in [1.29, 1.82) is 0 Å². The average Bonchev–Trinajstić information content (AvgIpc) is 3.19. The number of thioether (sulfide) groups is 1. The molecule has 1 aliphatic heterocycles. The summed E-state index contributed by atoms with van der Waals surface area (Å²) in [7, 11) is 1.45. The molecule has 1 fully saturated rings. The van der Waals surface area contributed by atoms with Crippen LogP contribution in [0.1, 0.15) is 5.56 Å². The van der Waals surface area contributed by atoms with E-state index in [1.807, 2.05) is 30.3 Å². The normalized spacial score (nSPS) is 15.2. The van der Waals surface area contributed by atoms with E-state index < -0.39 is 5.91 Å². The molecule has 0 atom stereocenters. The van der Waals surface area contributed by atoms with Crippen LogP contribution >= 0.6 is 46.6 Å². The standard InChI is InChI=1S/C25H18Cl3N3O4S/c1-34-20-10-14(11-21-24(33)31-25(36-21)30-15-5-3-2-4-6-15)9-19(28)23(20)35-13-22(32)29-16-7-8-17(26)18(27)12-16/h2-12H,13H2,1H3,(H,29,32)(H,30,31,33)/b21-11+. The summed E-state index contributed by atoms with van der Waals surface area (Å²) >= 11 is 19.5. The third-order valence-corrected chi connectivity index (χ3v) is 6.67. The fourth-order valence-corrected chi connectivity index (χ4v) is 4.54. The molecule has 1 heterocycles. The maximum absolute atomic E-state index is 12.4. The number of anilines is 1. The van der Waals surface area contributed by atoms with Gasteiger partial charge in [-0.05, 0) is 65.9 Å². The smallest absolute Gasteiger partial charge is 0.264 e. The highest BCUT2D eigenvalue weighted by atomic mass is 35.5. The Hall–Kier alpha value is -3.17. The lowest BCUT2D eigenvalue weighted by atomic mass is 10.2. The number of amidine groups is 1. The van der Waals surface area contributed by atoms with Gasteiger partial charge >= 0.3 is 0 Å². The first kappa shape index (κ1) is 25.9. The van der Waals surface area contributed by atoms with E-state index in [2.05, 4.69) is 15.6 Å². The van der Waals surface area contributed by atoms with Crippen molar-refractivity contribution in [1.82, 2.24) is 5.32 Å². The number of carbonyl (C=O) groups is 2. The molecular weight excluding hydrogens is 545 g/mol. The number of hydrogen-bond donors (Lipinski definition) is 2. The van der Waals surface area contributed by atoms with Crippen LogP contribution in [0.2, 0.25) is 15.1 Å². The van der Waals surface area contributed by atoms with Gasteiger partial charge in [0.05, 0.1) is 32.8 Å². The number of ether oxygens (including phenoxy) is 2. The Labute approximate surface area is 226 Å². The van der Waals surface area contributed by atoms with Crippen LogP contribution in [0, 0.1) is 0 Å². The minimum Gasteiger partial charge on any atom is -0.493 e. The van der Waals surface area contributed by atoms with Gasteiger partial charge in [0, 0.05) is 5.69 Å². The number of halogens is 3. The van der Waals surface area contributed by atoms with Crippen molar-refractivity contribution in [3.63, 3.8) is 0 Å². The second kappa shape index (κ2) is 11.7. The predicted molar refractivity (Wildman–Crippen MR) is 146 cm³/mol. The van der Waals surface area contributed by atoms with Crippen molar-refractivity contribution in [3.05, 3.63) is 86.2 Å². The molecule has 36 heavy (non-hydrogen) atoms. The molecule has 4 rings (SSSR count). The van der Waals surface area contributed by atoms with E-state index in [0.717, 1.165) is 5.69 Å². The van der Waals surface area contributed by atoms with Gasteiger partial charge in [-0.15, -0.1) is 0 Å². The van der Waals surface area contributed by atoms with Gasteiger partial charge in [-0.1, -0.05) is 53.0 Å². The average molecular weight is 563 g/mol. The molecule has 0 spiro atoms. The third kappa shape index (κ3) is 6.53. The first-order valence-corrected chi connectivity index (χ1v) is 12.4. The van der Waals surface area contributed by atoms with E-state index in [-0.39, 0.29) is 23.3 Å². The molecule has 2 amide bonds. The van der Waals surface area contributed by atoms with Gasteiger partial charge < -0.3 is 20.1 Å².